The second-order valence-corrected chi connectivity index (χ2v) is 6.08. The van der Waals surface area contributed by atoms with E-state index in [0.29, 0.717) is 6.54 Å². The number of benzene rings is 2. The van der Waals surface area contributed by atoms with Crippen molar-refractivity contribution in [3.63, 3.8) is 0 Å². The Morgan fingerprint density at radius 3 is 2.83 bits per heavy atom. The lowest BCUT2D eigenvalue weighted by Gasteiger charge is -2.20. The molecule has 1 aliphatic heterocycles. The first kappa shape index (κ1) is 14.5. The molecule has 0 atom stereocenters. The van der Waals surface area contributed by atoms with Gasteiger partial charge in [-0.2, -0.15) is 0 Å². The molecule has 3 aromatic rings. The van der Waals surface area contributed by atoms with Crippen LogP contribution in [-0.2, 0) is 17.9 Å². The molecule has 1 amide bonds. The van der Waals surface area contributed by atoms with Gasteiger partial charge < -0.3 is 15.0 Å². The molecule has 2 N–H and O–H groups in total. The van der Waals surface area contributed by atoms with E-state index in [1.54, 1.807) is 18.2 Å². The van der Waals surface area contributed by atoms with E-state index in [-0.39, 0.29) is 18.0 Å². The Morgan fingerprint density at radius 2 is 2.04 bits per heavy atom. The number of carboxylic acid groups (broad SMARTS) is 1. The second kappa shape index (κ2) is 5.23. The number of nitrogens with zero attached hydrogens (tertiary/aromatic N) is 1. The Hall–Kier alpha value is -3.08. The minimum absolute atomic E-state index is 0.0818. The molecule has 1 aliphatic rings. The number of hydrogen-bond acceptors (Lipinski definition) is 2. The number of hydrogen-bond donors (Lipinski definition) is 2. The molecule has 0 fully saturated rings. The third-order valence-electron chi connectivity index (χ3n) is 4.54. The second-order valence-electron chi connectivity index (χ2n) is 6.08. The van der Waals surface area contributed by atoms with E-state index in [2.05, 4.69) is 5.32 Å². The third-order valence-corrected chi connectivity index (χ3v) is 4.54. The van der Waals surface area contributed by atoms with Crippen LogP contribution in [0.5, 0.6) is 0 Å². The van der Waals surface area contributed by atoms with Crippen LogP contribution in [0.3, 0.4) is 0 Å². The zero-order valence-corrected chi connectivity index (χ0v) is 13.2. The van der Waals surface area contributed by atoms with E-state index in [9.17, 15) is 14.7 Å². The van der Waals surface area contributed by atoms with Gasteiger partial charge in [-0.15, -0.1) is 0 Å². The van der Waals surface area contributed by atoms with Crippen LogP contribution in [0.4, 0.5) is 0 Å². The number of aromatic carboxylic acids is 1. The molecule has 0 aliphatic carbocycles. The minimum atomic E-state index is -0.973. The molecule has 4 rings (SSSR count). The predicted octanol–water partition coefficient (Wildman–Crippen LogP) is 2.94. The molecule has 5 nitrogen and oxygen atoms in total. The topological polar surface area (TPSA) is 71.3 Å². The molecule has 5 heteroatoms. The van der Waals surface area contributed by atoms with Gasteiger partial charge in [-0.1, -0.05) is 24.3 Å². The average Bonchev–Trinajstić information content (AvgIpc) is 2.88. The van der Waals surface area contributed by atoms with Gasteiger partial charge in [0.25, 0.3) is 0 Å². The number of carboxylic acids is 1. The van der Waals surface area contributed by atoms with Gasteiger partial charge in [0, 0.05) is 23.0 Å². The molecule has 0 saturated heterocycles. The van der Waals surface area contributed by atoms with Gasteiger partial charge in [0.2, 0.25) is 5.91 Å². The lowest BCUT2D eigenvalue weighted by Crippen LogP contribution is -2.29. The molecule has 2 aromatic carbocycles. The fraction of sp³-hybridized carbons (Fsp3) is 0.158. The summed E-state index contributed by atoms with van der Waals surface area (Å²) in [6.07, 6.45) is 0. The lowest BCUT2D eigenvalue weighted by molar-refractivity contribution is -0.121. The van der Waals surface area contributed by atoms with Gasteiger partial charge in [-0.3, -0.25) is 4.79 Å². The number of amides is 1. The van der Waals surface area contributed by atoms with Crippen molar-refractivity contribution < 1.29 is 14.7 Å². The zero-order valence-electron chi connectivity index (χ0n) is 13.2. The maximum atomic E-state index is 12.2. The van der Waals surface area contributed by atoms with Crippen LogP contribution < -0.4 is 5.32 Å². The molecule has 1 aromatic heterocycles. The van der Waals surface area contributed by atoms with Crippen LogP contribution in [0.2, 0.25) is 0 Å². The molecule has 0 bridgehead atoms. The van der Waals surface area contributed by atoms with Gasteiger partial charge >= 0.3 is 5.97 Å². The van der Waals surface area contributed by atoms with Crippen molar-refractivity contribution in [3.05, 3.63) is 59.2 Å². The summed E-state index contributed by atoms with van der Waals surface area (Å²) in [7, 11) is 0. The third kappa shape index (κ3) is 2.17. The van der Waals surface area contributed by atoms with Crippen LogP contribution >= 0.6 is 0 Å². The van der Waals surface area contributed by atoms with Gasteiger partial charge in [0.05, 0.1) is 11.3 Å². The highest BCUT2D eigenvalue weighted by Gasteiger charge is 2.21. The van der Waals surface area contributed by atoms with Crippen molar-refractivity contribution in [2.45, 2.75) is 20.0 Å². The van der Waals surface area contributed by atoms with Crippen LogP contribution in [0, 0.1) is 6.92 Å². The van der Waals surface area contributed by atoms with Gasteiger partial charge in [0.1, 0.15) is 6.54 Å². The van der Waals surface area contributed by atoms with Crippen LogP contribution in [-0.4, -0.2) is 21.6 Å². The van der Waals surface area contributed by atoms with E-state index in [4.69, 9.17) is 0 Å². The molecule has 0 saturated carbocycles. The zero-order chi connectivity index (χ0) is 16.8. The van der Waals surface area contributed by atoms with Gasteiger partial charge in [-0.05, 0) is 36.2 Å². The van der Waals surface area contributed by atoms with Crippen LogP contribution in [0.1, 0.15) is 21.5 Å². The molecule has 0 unspecified atom stereocenters. The monoisotopic (exact) mass is 320 g/mol. The SMILES string of the molecule is Cc1cccc2c1-c1cc3ccc(C(=O)O)cc3n1CC(=O)NC2. The van der Waals surface area contributed by atoms with E-state index < -0.39 is 5.97 Å². The Bertz CT molecular complexity index is 1000. The Labute approximate surface area is 138 Å². The quantitative estimate of drug-likeness (QED) is 0.724. The molecular formula is C19H16N2O3. The number of aryl methyl sites for hydroxylation is 1. The Balaban J connectivity index is 2.07. The Kier molecular flexibility index (Phi) is 3.16. The van der Waals surface area contributed by atoms with Crippen molar-refractivity contribution >= 4 is 22.8 Å². The van der Waals surface area contributed by atoms with Crippen molar-refractivity contribution in [1.29, 1.82) is 0 Å². The molecule has 24 heavy (non-hydrogen) atoms. The number of carbonyl (C=O) groups excluding carboxylic acids is 1. The van der Waals surface area contributed by atoms with Crippen molar-refractivity contribution in [2.24, 2.45) is 0 Å². The Morgan fingerprint density at radius 1 is 1.21 bits per heavy atom. The summed E-state index contributed by atoms with van der Waals surface area (Å²) >= 11 is 0. The molecular weight excluding hydrogens is 304 g/mol. The maximum Gasteiger partial charge on any atom is 0.335 e. The largest absolute Gasteiger partial charge is 0.478 e. The van der Waals surface area contributed by atoms with Gasteiger partial charge in [-0.25, -0.2) is 4.79 Å². The highest BCUT2D eigenvalue weighted by atomic mass is 16.4. The minimum Gasteiger partial charge on any atom is -0.478 e. The molecule has 0 radical (unpaired) electrons. The van der Waals surface area contributed by atoms with Crippen molar-refractivity contribution in [3.8, 4) is 11.3 Å². The summed E-state index contributed by atoms with van der Waals surface area (Å²) in [5.41, 5.74) is 5.23. The summed E-state index contributed by atoms with van der Waals surface area (Å²) < 4.78 is 1.90. The van der Waals surface area contributed by atoms with Crippen LogP contribution in [0.15, 0.2) is 42.5 Å². The number of aromatic nitrogens is 1. The highest BCUT2D eigenvalue weighted by Crippen LogP contribution is 2.34. The molecule has 120 valence electrons. The van der Waals surface area contributed by atoms with Crippen molar-refractivity contribution in [2.75, 3.05) is 0 Å². The molecule has 2 heterocycles. The van der Waals surface area contributed by atoms with Gasteiger partial charge in [0.15, 0.2) is 0 Å². The van der Waals surface area contributed by atoms with E-state index in [0.717, 1.165) is 33.3 Å². The summed E-state index contributed by atoms with van der Waals surface area (Å²) in [4.78, 5) is 23.5. The first-order valence-electron chi connectivity index (χ1n) is 7.77. The summed E-state index contributed by atoms with van der Waals surface area (Å²) in [5.74, 6) is -1.05. The summed E-state index contributed by atoms with van der Waals surface area (Å²) in [6.45, 7) is 2.72. The fourth-order valence-electron chi connectivity index (χ4n) is 3.40. The number of nitrogens with one attached hydrogen (secondary N) is 1. The smallest absolute Gasteiger partial charge is 0.335 e. The normalized spacial score (nSPS) is 13.6. The lowest BCUT2D eigenvalue weighted by atomic mass is 9.98. The predicted molar refractivity (Wildman–Crippen MR) is 90.9 cm³/mol. The molecule has 0 spiro atoms. The number of rotatable bonds is 1. The van der Waals surface area contributed by atoms with Crippen molar-refractivity contribution in [1.82, 2.24) is 9.88 Å². The highest BCUT2D eigenvalue weighted by molar-refractivity contribution is 5.97. The number of carbonyl (C=O) groups is 2. The summed E-state index contributed by atoms with van der Waals surface area (Å²) in [5, 5.41) is 13.1. The van der Waals surface area contributed by atoms with E-state index in [1.807, 2.05) is 35.8 Å². The number of fused-ring (bicyclic) bond motifs is 5. The maximum absolute atomic E-state index is 12.2. The standard InChI is InChI=1S/C19H16N2O3/c1-11-3-2-4-14-9-20-17(22)10-21-15-8-13(19(23)24)6-5-12(15)7-16(21)18(11)14/h2-8H,9-10H2,1H3,(H,20,22)(H,23,24). The van der Waals surface area contributed by atoms with E-state index >= 15 is 0 Å². The van der Waals surface area contributed by atoms with Crippen LogP contribution in [0.25, 0.3) is 22.2 Å². The van der Waals surface area contributed by atoms with E-state index in [1.165, 1.54) is 0 Å². The first-order valence-corrected chi connectivity index (χ1v) is 7.77. The fourth-order valence-corrected chi connectivity index (χ4v) is 3.40. The average molecular weight is 320 g/mol. The first-order chi connectivity index (χ1) is 11.5. The summed E-state index contributed by atoms with van der Waals surface area (Å²) in [6, 6.07) is 13.1.